The van der Waals surface area contributed by atoms with Crippen LogP contribution in [0.1, 0.15) is 42.8 Å². The Balaban J connectivity index is 1.76. The number of thioether (sulfide) groups is 1. The zero-order valence-corrected chi connectivity index (χ0v) is 13.4. The average Bonchev–Trinajstić information content (AvgIpc) is 3.31. The van der Waals surface area contributed by atoms with Crippen LogP contribution in [0.15, 0.2) is 35.2 Å². The van der Waals surface area contributed by atoms with E-state index in [-0.39, 0.29) is 0 Å². The SMILES string of the molecule is CCNc1cc(C2CC2)nc(CSc2ccccc2C)n1. The van der Waals surface area contributed by atoms with E-state index < -0.39 is 0 Å². The Morgan fingerprint density at radius 3 is 2.76 bits per heavy atom. The van der Waals surface area contributed by atoms with Crippen LogP contribution in [0.25, 0.3) is 0 Å². The van der Waals surface area contributed by atoms with E-state index in [1.165, 1.54) is 29.0 Å². The number of rotatable bonds is 6. The smallest absolute Gasteiger partial charge is 0.141 e. The van der Waals surface area contributed by atoms with Crippen molar-refractivity contribution in [3.05, 3.63) is 47.4 Å². The summed E-state index contributed by atoms with van der Waals surface area (Å²) < 4.78 is 0. The standard InChI is InChI=1S/C17H21N3S/c1-3-18-16-10-14(13-8-9-13)19-17(20-16)11-21-15-7-5-4-6-12(15)2/h4-7,10,13H,3,8-9,11H2,1-2H3,(H,18,19,20). The average molecular weight is 299 g/mol. The zero-order chi connectivity index (χ0) is 14.7. The van der Waals surface area contributed by atoms with Gasteiger partial charge in [-0.2, -0.15) is 0 Å². The van der Waals surface area contributed by atoms with Crippen molar-refractivity contribution in [2.24, 2.45) is 0 Å². The van der Waals surface area contributed by atoms with Gasteiger partial charge in [0.2, 0.25) is 0 Å². The van der Waals surface area contributed by atoms with Gasteiger partial charge in [-0.05, 0) is 38.3 Å². The largest absolute Gasteiger partial charge is 0.370 e. The van der Waals surface area contributed by atoms with Gasteiger partial charge in [-0.15, -0.1) is 11.8 Å². The van der Waals surface area contributed by atoms with Crippen LogP contribution in [0.2, 0.25) is 0 Å². The zero-order valence-electron chi connectivity index (χ0n) is 12.6. The van der Waals surface area contributed by atoms with Crippen molar-refractivity contribution in [3.63, 3.8) is 0 Å². The molecule has 0 spiro atoms. The minimum Gasteiger partial charge on any atom is -0.370 e. The van der Waals surface area contributed by atoms with E-state index in [1.807, 2.05) is 11.8 Å². The van der Waals surface area contributed by atoms with Crippen molar-refractivity contribution in [1.82, 2.24) is 9.97 Å². The number of nitrogens with one attached hydrogen (secondary N) is 1. The number of aromatic nitrogens is 2. The number of benzene rings is 1. The summed E-state index contributed by atoms with van der Waals surface area (Å²) in [6.07, 6.45) is 2.54. The number of hydrogen-bond acceptors (Lipinski definition) is 4. The highest BCUT2D eigenvalue weighted by atomic mass is 32.2. The first-order chi connectivity index (χ1) is 10.3. The molecule has 3 nitrogen and oxygen atoms in total. The lowest BCUT2D eigenvalue weighted by Crippen LogP contribution is -2.05. The molecule has 21 heavy (non-hydrogen) atoms. The van der Waals surface area contributed by atoms with Gasteiger partial charge >= 0.3 is 0 Å². The molecular formula is C17H21N3S. The van der Waals surface area contributed by atoms with E-state index in [4.69, 9.17) is 4.98 Å². The summed E-state index contributed by atoms with van der Waals surface area (Å²) in [5, 5.41) is 3.32. The molecule has 1 aromatic heterocycles. The maximum Gasteiger partial charge on any atom is 0.141 e. The van der Waals surface area contributed by atoms with E-state index >= 15 is 0 Å². The summed E-state index contributed by atoms with van der Waals surface area (Å²) in [6, 6.07) is 10.6. The van der Waals surface area contributed by atoms with Gasteiger partial charge in [0.05, 0.1) is 5.75 Å². The normalized spacial score (nSPS) is 14.2. The second-order valence-corrected chi connectivity index (χ2v) is 6.47. The summed E-state index contributed by atoms with van der Waals surface area (Å²) in [4.78, 5) is 10.7. The van der Waals surface area contributed by atoms with Crippen LogP contribution in [0.4, 0.5) is 5.82 Å². The first-order valence-electron chi connectivity index (χ1n) is 7.56. The van der Waals surface area contributed by atoms with Crippen LogP contribution in [0.3, 0.4) is 0 Å². The minimum absolute atomic E-state index is 0.660. The van der Waals surface area contributed by atoms with Crippen LogP contribution in [-0.4, -0.2) is 16.5 Å². The molecule has 0 bridgehead atoms. The van der Waals surface area contributed by atoms with Gasteiger partial charge in [-0.25, -0.2) is 9.97 Å². The summed E-state index contributed by atoms with van der Waals surface area (Å²) in [5.74, 6) is 3.38. The number of hydrogen-bond donors (Lipinski definition) is 1. The molecule has 4 heteroatoms. The summed E-state index contributed by atoms with van der Waals surface area (Å²) >= 11 is 1.81. The molecule has 0 aliphatic heterocycles. The molecule has 2 aromatic rings. The first kappa shape index (κ1) is 14.4. The van der Waals surface area contributed by atoms with E-state index in [9.17, 15) is 0 Å². The summed E-state index contributed by atoms with van der Waals surface area (Å²) in [5.41, 5.74) is 2.52. The van der Waals surface area contributed by atoms with Crippen molar-refractivity contribution in [2.45, 2.75) is 43.3 Å². The fraction of sp³-hybridized carbons (Fsp3) is 0.412. The maximum absolute atomic E-state index is 4.75. The van der Waals surface area contributed by atoms with Gasteiger partial charge < -0.3 is 5.32 Å². The molecule has 1 aromatic carbocycles. The minimum atomic E-state index is 0.660. The van der Waals surface area contributed by atoms with Gasteiger partial charge in [0.15, 0.2) is 0 Å². The lowest BCUT2D eigenvalue weighted by atomic mass is 10.2. The molecule has 1 saturated carbocycles. The second kappa shape index (κ2) is 6.48. The predicted molar refractivity (Wildman–Crippen MR) is 88.9 cm³/mol. The third-order valence-corrected chi connectivity index (χ3v) is 4.77. The third kappa shape index (κ3) is 3.76. The molecule has 1 aliphatic carbocycles. The second-order valence-electron chi connectivity index (χ2n) is 5.45. The lowest BCUT2D eigenvalue weighted by molar-refractivity contribution is 0.928. The van der Waals surface area contributed by atoms with Crippen molar-refractivity contribution in [2.75, 3.05) is 11.9 Å². The number of nitrogens with zero attached hydrogens (tertiary/aromatic N) is 2. The van der Waals surface area contributed by atoms with Gasteiger partial charge in [-0.3, -0.25) is 0 Å². The van der Waals surface area contributed by atoms with Crippen molar-refractivity contribution in [3.8, 4) is 0 Å². The van der Waals surface area contributed by atoms with Crippen molar-refractivity contribution < 1.29 is 0 Å². The molecule has 1 fully saturated rings. The molecule has 110 valence electrons. The van der Waals surface area contributed by atoms with Gasteiger partial charge in [0.25, 0.3) is 0 Å². The lowest BCUT2D eigenvalue weighted by Gasteiger charge is -2.09. The van der Waals surface area contributed by atoms with Gasteiger partial charge in [0.1, 0.15) is 11.6 Å². The Bertz CT molecular complexity index is 623. The molecule has 0 radical (unpaired) electrons. The molecule has 1 N–H and O–H groups in total. The highest BCUT2D eigenvalue weighted by Gasteiger charge is 2.26. The first-order valence-corrected chi connectivity index (χ1v) is 8.55. The van der Waals surface area contributed by atoms with Crippen LogP contribution in [-0.2, 0) is 5.75 Å². The van der Waals surface area contributed by atoms with Crippen molar-refractivity contribution >= 4 is 17.6 Å². The van der Waals surface area contributed by atoms with E-state index in [0.29, 0.717) is 5.92 Å². The summed E-state index contributed by atoms with van der Waals surface area (Å²) in [6.45, 7) is 5.14. The van der Waals surface area contributed by atoms with E-state index in [2.05, 4.69) is 54.5 Å². The van der Waals surface area contributed by atoms with Crippen molar-refractivity contribution in [1.29, 1.82) is 0 Å². The quantitative estimate of drug-likeness (QED) is 0.803. The molecule has 1 heterocycles. The van der Waals surface area contributed by atoms with E-state index in [1.54, 1.807) is 0 Å². The van der Waals surface area contributed by atoms with Crippen LogP contribution in [0.5, 0.6) is 0 Å². The van der Waals surface area contributed by atoms with Crippen LogP contribution < -0.4 is 5.32 Å². The van der Waals surface area contributed by atoms with Crippen LogP contribution >= 0.6 is 11.8 Å². The highest BCUT2D eigenvalue weighted by Crippen LogP contribution is 2.39. The topological polar surface area (TPSA) is 37.8 Å². The predicted octanol–water partition coefficient (Wildman–Crippen LogP) is 4.39. The van der Waals surface area contributed by atoms with E-state index in [0.717, 1.165) is 23.9 Å². The molecule has 0 atom stereocenters. The fourth-order valence-corrected chi connectivity index (χ4v) is 3.19. The third-order valence-electron chi connectivity index (χ3n) is 3.60. The monoisotopic (exact) mass is 299 g/mol. The molecule has 0 unspecified atom stereocenters. The molecule has 0 saturated heterocycles. The Kier molecular flexibility index (Phi) is 4.44. The summed E-state index contributed by atoms with van der Waals surface area (Å²) in [7, 11) is 0. The Labute approximate surface area is 130 Å². The van der Waals surface area contributed by atoms with Gasteiger partial charge in [0, 0.05) is 29.1 Å². The Morgan fingerprint density at radius 1 is 1.24 bits per heavy atom. The Hall–Kier alpha value is -1.55. The molecule has 0 amide bonds. The Morgan fingerprint density at radius 2 is 2.05 bits per heavy atom. The highest BCUT2D eigenvalue weighted by molar-refractivity contribution is 7.98. The number of anilines is 1. The molecular weight excluding hydrogens is 278 g/mol. The molecule has 1 aliphatic rings. The maximum atomic E-state index is 4.75. The van der Waals surface area contributed by atoms with Crippen LogP contribution in [0, 0.1) is 6.92 Å². The fourth-order valence-electron chi connectivity index (χ4n) is 2.30. The van der Waals surface area contributed by atoms with Gasteiger partial charge in [-0.1, -0.05) is 18.2 Å². The molecule has 3 rings (SSSR count). The number of aryl methyl sites for hydroxylation is 1.